The molecule has 0 aromatic heterocycles. The molecule has 1 saturated heterocycles. The molecule has 1 aliphatic carbocycles. The molecule has 1 amide bonds. The molecule has 2 N–H and O–H groups in total. The van der Waals surface area contributed by atoms with Gasteiger partial charge in [-0.2, -0.15) is 0 Å². The summed E-state index contributed by atoms with van der Waals surface area (Å²) in [7, 11) is 0. The van der Waals surface area contributed by atoms with Crippen molar-refractivity contribution in [3.63, 3.8) is 0 Å². The van der Waals surface area contributed by atoms with Crippen LogP contribution in [0.15, 0.2) is 24.3 Å². The van der Waals surface area contributed by atoms with Gasteiger partial charge in [-0.25, -0.2) is 13.2 Å². The maximum Gasteiger partial charge on any atom is 0.250 e. The van der Waals surface area contributed by atoms with Gasteiger partial charge in [0.2, 0.25) is 5.91 Å². The summed E-state index contributed by atoms with van der Waals surface area (Å²) in [6, 6.07) is 4.97. The first kappa shape index (κ1) is 14.4. The van der Waals surface area contributed by atoms with E-state index in [1.165, 1.54) is 23.1 Å². The van der Waals surface area contributed by atoms with Crippen molar-refractivity contribution < 1.29 is 18.0 Å². The summed E-state index contributed by atoms with van der Waals surface area (Å²) in [5, 5.41) is 0. The molecule has 1 heterocycles. The molecule has 1 saturated carbocycles. The minimum Gasteiger partial charge on any atom is -0.327 e. The highest BCUT2D eigenvalue weighted by molar-refractivity contribution is 6.00. The average Bonchev–Trinajstić information content (AvgIpc) is 2.64. The first-order chi connectivity index (χ1) is 9.81. The third-order valence-electron chi connectivity index (χ3n) is 4.44. The van der Waals surface area contributed by atoms with E-state index in [1.807, 2.05) is 0 Å². The number of amides is 1. The predicted octanol–water partition coefficient (Wildman–Crippen LogP) is 2.70. The summed E-state index contributed by atoms with van der Waals surface area (Å²) < 4.78 is 40.9. The maximum atomic E-state index is 13.8. The van der Waals surface area contributed by atoms with Crippen LogP contribution in [0.25, 0.3) is 0 Å². The van der Waals surface area contributed by atoms with Gasteiger partial charge in [0.15, 0.2) is 0 Å². The molecule has 0 unspecified atom stereocenters. The third-order valence-corrected chi connectivity index (χ3v) is 4.44. The van der Waals surface area contributed by atoms with Crippen LogP contribution >= 0.6 is 0 Å². The minimum atomic E-state index is -2.91. The second kappa shape index (κ2) is 4.73. The number of nitrogens with zero attached hydrogens (tertiary/aromatic N) is 1. The van der Waals surface area contributed by atoms with E-state index in [4.69, 9.17) is 5.73 Å². The Balaban J connectivity index is 1.89. The maximum absolute atomic E-state index is 13.8. The Morgan fingerprint density at radius 3 is 2.71 bits per heavy atom. The van der Waals surface area contributed by atoms with Gasteiger partial charge in [-0.05, 0) is 31.0 Å². The second-order valence-electron chi connectivity index (χ2n) is 6.17. The number of carbonyl (C=O) groups is 1. The lowest BCUT2D eigenvalue weighted by atomic mass is 9.69. The van der Waals surface area contributed by atoms with Crippen LogP contribution in [0.4, 0.5) is 18.9 Å². The largest absolute Gasteiger partial charge is 0.327 e. The smallest absolute Gasteiger partial charge is 0.250 e. The van der Waals surface area contributed by atoms with Crippen LogP contribution < -0.4 is 10.6 Å². The van der Waals surface area contributed by atoms with Crippen molar-refractivity contribution in [3.8, 4) is 0 Å². The van der Waals surface area contributed by atoms with Crippen molar-refractivity contribution in [3.05, 3.63) is 30.1 Å². The Kier molecular flexibility index (Phi) is 3.24. The number of halogens is 3. The number of carbonyl (C=O) groups excluding carboxylic acids is 1. The summed E-state index contributed by atoms with van der Waals surface area (Å²) in [5.41, 5.74) is 5.04. The van der Waals surface area contributed by atoms with E-state index < -0.39 is 29.6 Å². The van der Waals surface area contributed by atoms with Crippen molar-refractivity contribution in [2.45, 2.75) is 37.6 Å². The third kappa shape index (κ3) is 2.52. The number of nitrogens with two attached hydrogens (primary N) is 1. The van der Waals surface area contributed by atoms with Gasteiger partial charge in [-0.15, -0.1) is 0 Å². The monoisotopic (exact) mass is 298 g/mol. The minimum absolute atomic E-state index is 0.271. The van der Waals surface area contributed by atoms with Gasteiger partial charge in [0.1, 0.15) is 5.82 Å². The van der Waals surface area contributed by atoms with Crippen LogP contribution in [-0.2, 0) is 4.79 Å². The lowest BCUT2D eigenvalue weighted by Gasteiger charge is -2.39. The number of anilines is 1. The first-order valence-electron chi connectivity index (χ1n) is 7.02. The molecular formula is C15H17F3N2O. The van der Waals surface area contributed by atoms with Gasteiger partial charge in [-0.3, -0.25) is 4.79 Å². The SMILES string of the molecule is N[C@H]1CC(F)(F)C[C@]2(CCN(c3cccc(F)c3)C2=O)C1. The Morgan fingerprint density at radius 1 is 1.29 bits per heavy atom. The molecule has 2 aliphatic rings. The molecule has 0 radical (unpaired) electrons. The van der Waals surface area contributed by atoms with Gasteiger partial charge in [0, 0.05) is 31.1 Å². The summed E-state index contributed by atoms with van der Waals surface area (Å²) in [6.07, 6.45) is -0.223. The van der Waals surface area contributed by atoms with Crippen LogP contribution in [0.5, 0.6) is 0 Å². The van der Waals surface area contributed by atoms with E-state index in [9.17, 15) is 18.0 Å². The molecule has 1 spiro atoms. The number of rotatable bonds is 1. The van der Waals surface area contributed by atoms with Crippen LogP contribution in [-0.4, -0.2) is 24.4 Å². The molecule has 21 heavy (non-hydrogen) atoms. The van der Waals surface area contributed by atoms with Gasteiger partial charge in [0.25, 0.3) is 5.92 Å². The van der Waals surface area contributed by atoms with Crippen LogP contribution in [0.2, 0.25) is 0 Å². The normalized spacial score (nSPS) is 31.9. The molecule has 0 bridgehead atoms. The molecule has 114 valence electrons. The zero-order valence-corrected chi connectivity index (χ0v) is 11.5. The quantitative estimate of drug-likeness (QED) is 0.866. The molecule has 3 rings (SSSR count). The van der Waals surface area contributed by atoms with E-state index in [2.05, 4.69) is 0 Å². The van der Waals surface area contributed by atoms with Crippen molar-refractivity contribution in [2.24, 2.45) is 11.1 Å². The number of benzene rings is 1. The molecule has 2 fully saturated rings. The highest BCUT2D eigenvalue weighted by atomic mass is 19.3. The Labute approximate surface area is 120 Å². The number of hydrogen-bond donors (Lipinski definition) is 1. The lowest BCUT2D eigenvalue weighted by Crippen LogP contribution is -2.49. The molecule has 1 aromatic carbocycles. The zero-order chi connectivity index (χ0) is 15.3. The highest BCUT2D eigenvalue weighted by Gasteiger charge is 2.56. The summed E-state index contributed by atoms with van der Waals surface area (Å²) in [6.45, 7) is 0.324. The fraction of sp³-hybridized carbons (Fsp3) is 0.533. The molecule has 3 nitrogen and oxygen atoms in total. The fourth-order valence-corrected chi connectivity index (χ4v) is 3.66. The van der Waals surface area contributed by atoms with Gasteiger partial charge in [0.05, 0.1) is 5.41 Å². The van der Waals surface area contributed by atoms with E-state index in [-0.39, 0.29) is 18.7 Å². The van der Waals surface area contributed by atoms with E-state index in [1.54, 1.807) is 6.07 Å². The number of hydrogen-bond acceptors (Lipinski definition) is 2. The van der Waals surface area contributed by atoms with E-state index in [0.29, 0.717) is 18.7 Å². The Morgan fingerprint density at radius 2 is 2.05 bits per heavy atom. The van der Waals surface area contributed by atoms with Crippen molar-refractivity contribution >= 4 is 11.6 Å². The molecule has 1 aromatic rings. The van der Waals surface area contributed by atoms with Crippen LogP contribution in [0.3, 0.4) is 0 Å². The summed E-state index contributed by atoms with van der Waals surface area (Å²) in [5.74, 6) is -3.72. The second-order valence-corrected chi connectivity index (χ2v) is 6.17. The van der Waals surface area contributed by atoms with Gasteiger partial charge in [-0.1, -0.05) is 6.07 Å². The van der Waals surface area contributed by atoms with Crippen molar-refractivity contribution in [1.82, 2.24) is 0 Å². The standard InChI is InChI=1S/C15H17F3N2O/c16-10-2-1-3-12(6-10)20-5-4-14(13(20)21)7-11(19)8-15(17,18)9-14/h1-3,6,11H,4-5,7-9,19H2/t11-,14+/m1/s1. The molecule has 6 heteroatoms. The zero-order valence-electron chi connectivity index (χ0n) is 11.5. The summed E-state index contributed by atoms with van der Waals surface area (Å²) >= 11 is 0. The molecular weight excluding hydrogens is 281 g/mol. The molecule has 1 aliphatic heterocycles. The highest BCUT2D eigenvalue weighted by Crippen LogP contribution is 2.50. The van der Waals surface area contributed by atoms with E-state index >= 15 is 0 Å². The first-order valence-corrected chi connectivity index (χ1v) is 7.02. The van der Waals surface area contributed by atoms with Crippen molar-refractivity contribution in [2.75, 3.05) is 11.4 Å². The van der Waals surface area contributed by atoms with Gasteiger partial charge >= 0.3 is 0 Å². The predicted molar refractivity (Wildman–Crippen MR) is 72.6 cm³/mol. The summed E-state index contributed by atoms with van der Waals surface area (Å²) in [4.78, 5) is 14.0. The Bertz CT molecular complexity index is 578. The van der Waals surface area contributed by atoms with Gasteiger partial charge < -0.3 is 10.6 Å². The molecule has 2 atom stereocenters. The topological polar surface area (TPSA) is 46.3 Å². The van der Waals surface area contributed by atoms with Crippen LogP contribution in [0, 0.1) is 11.2 Å². The fourth-order valence-electron chi connectivity index (χ4n) is 3.66. The van der Waals surface area contributed by atoms with E-state index in [0.717, 1.165) is 0 Å². The Hall–Kier alpha value is -1.56. The lowest BCUT2D eigenvalue weighted by molar-refractivity contribution is -0.139. The number of alkyl halides is 2. The average molecular weight is 298 g/mol. The van der Waals surface area contributed by atoms with Crippen LogP contribution in [0.1, 0.15) is 25.7 Å². The van der Waals surface area contributed by atoms with Crippen molar-refractivity contribution in [1.29, 1.82) is 0 Å².